The van der Waals surface area contributed by atoms with Crippen LogP contribution in [-0.4, -0.2) is 16.1 Å². The summed E-state index contributed by atoms with van der Waals surface area (Å²) in [7, 11) is 0. The van der Waals surface area contributed by atoms with Crippen LogP contribution in [0.5, 0.6) is 0 Å². The Morgan fingerprint density at radius 3 is 2.71 bits per heavy atom. The topological polar surface area (TPSA) is 29.9 Å². The van der Waals surface area contributed by atoms with Crippen molar-refractivity contribution in [1.82, 2.24) is 14.9 Å². The Morgan fingerprint density at radius 1 is 1.29 bits per heavy atom. The summed E-state index contributed by atoms with van der Waals surface area (Å²) in [5.41, 5.74) is 0.475. The number of nitrogens with zero attached hydrogens (tertiary/aromatic N) is 2. The Balaban J connectivity index is 2.54. The molecule has 1 unspecified atom stereocenters. The lowest BCUT2D eigenvalue weighted by Gasteiger charge is -2.21. The van der Waals surface area contributed by atoms with Crippen molar-refractivity contribution >= 4 is 0 Å². The largest absolute Gasteiger partial charge is 0.333 e. The second-order valence-electron chi connectivity index (χ2n) is 5.06. The molecule has 0 radical (unpaired) electrons. The number of aromatic nitrogens is 2. The number of benzene rings is 1. The molecule has 2 rings (SSSR count). The minimum atomic E-state index is -0.587. The van der Waals surface area contributed by atoms with Gasteiger partial charge in [-0.3, -0.25) is 0 Å². The van der Waals surface area contributed by atoms with Gasteiger partial charge in [0.05, 0.1) is 6.04 Å². The molecule has 0 bridgehead atoms. The van der Waals surface area contributed by atoms with Crippen LogP contribution >= 0.6 is 0 Å². The monoisotopic (exact) mass is 293 g/mol. The average Bonchev–Trinajstić information content (AvgIpc) is 2.91. The third-order valence-electron chi connectivity index (χ3n) is 3.49. The summed E-state index contributed by atoms with van der Waals surface area (Å²) in [5.74, 6) is -0.413. The molecule has 0 spiro atoms. The molecule has 1 N–H and O–H groups in total. The molecule has 0 saturated heterocycles. The maximum absolute atomic E-state index is 14.4. The fourth-order valence-corrected chi connectivity index (χ4v) is 2.48. The molecule has 0 saturated carbocycles. The van der Waals surface area contributed by atoms with E-state index in [1.54, 1.807) is 13.1 Å². The normalized spacial score (nSPS) is 12.6. The van der Waals surface area contributed by atoms with Crippen molar-refractivity contribution in [2.75, 3.05) is 6.54 Å². The fraction of sp³-hybridized carbons (Fsp3) is 0.438. The lowest BCUT2D eigenvalue weighted by Crippen LogP contribution is -2.27. The molecule has 1 aromatic carbocycles. The van der Waals surface area contributed by atoms with E-state index >= 15 is 0 Å². The Bertz CT molecular complexity index is 608. The molecule has 1 aromatic heterocycles. The van der Waals surface area contributed by atoms with Gasteiger partial charge < -0.3 is 9.88 Å². The summed E-state index contributed by atoms with van der Waals surface area (Å²) in [5, 5.41) is 3.15. The lowest BCUT2D eigenvalue weighted by atomic mass is 10.0. The summed E-state index contributed by atoms with van der Waals surface area (Å²) in [4.78, 5) is 4.31. The number of nitrogens with one attached hydrogen (secondary N) is 1. The van der Waals surface area contributed by atoms with Crippen LogP contribution in [0.4, 0.5) is 8.78 Å². The maximum atomic E-state index is 14.4. The van der Waals surface area contributed by atoms with Gasteiger partial charge in [0, 0.05) is 24.5 Å². The lowest BCUT2D eigenvalue weighted by molar-refractivity contribution is 0.479. The van der Waals surface area contributed by atoms with E-state index in [9.17, 15) is 8.78 Å². The standard InChI is InChI=1S/C16H21F2N3/c1-4-9-21-10-8-20-16(21)15(19-5-2)13-12(17)7-6-11(3)14(13)18/h6-8,10,15,19H,4-5,9H2,1-3H3. The highest BCUT2D eigenvalue weighted by atomic mass is 19.1. The van der Waals surface area contributed by atoms with Crippen molar-refractivity contribution in [3.63, 3.8) is 0 Å². The Labute approximate surface area is 124 Å². The third kappa shape index (κ3) is 3.13. The molecule has 1 heterocycles. The van der Waals surface area contributed by atoms with Crippen LogP contribution in [0, 0.1) is 18.6 Å². The van der Waals surface area contributed by atoms with E-state index < -0.39 is 17.7 Å². The molecule has 1 atom stereocenters. The summed E-state index contributed by atoms with van der Waals surface area (Å²) >= 11 is 0. The van der Waals surface area contributed by atoms with Gasteiger partial charge in [0.2, 0.25) is 0 Å². The van der Waals surface area contributed by atoms with Gasteiger partial charge >= 0.3 is 0 Å². The van der Waals surface area contributed by atoms with Crippen molar-refractivity contribution in [3.8, 4) is 0 Å². The second-order valence-corrected chi connectivity index (χ2v) is 5.06. The van der Waals surface area contributed by atoms with Crippen LogP contribution in [0.3, 0.4) is 0 Å². The van der Waals surface area contributed by atoms with Crippen LogP contribution in [-0.2, 0) is 6.54 Å². The molecule has 2 aromatic rings. The Morgan fingerprint density at radius 2 is 2.05 bits per heavy atom. The zero-order valence-electron chi connectivity index (χ0n) is 12.7. The van der Waals surface area contributed by atoms with Crippen LogP contribution in [0.15, 0.2) is 24.5 Å². The van der Waals surface area contributed by atoms with Gasteiger partial charge in [0.1, 0.15) is 17.5 Å². The highest BCUT2D eigenvalue weighted by Gasteiger charge is 2.25. The SMILES string of the molecule is CCCn1ccnc1C(NCC)c1c(F)ccc(C)c1F. The van der Waals surface area contributed by atoms with Gasteiger partial charge in [-0.2, -0.15) is 0 Å². The van der Waals surface area contributed by atoms with Crippen molar-refractivity contribution in [2.24, 2.45) is 0 Å². The average molecular weight is 293 g/mol. The molecular weight excluding hydrogens is 272 g/mol. The molecule has 3 nitrogen and oxygen atoms in total. The van der Waals surface area contributed by atoms with Crippen LogP contribution in [0.25, 0.3) is 0 Å². The molecule has 0 aliphatic heterocycles. The minimum Gasteiger partial charge on any atom is -0.333 e. The third-order valence-corrected chi connectivity index (χ3v) is 3.49. The van der Waals surface area contributed by atoms with Gasteiger partial charge in [0.25, 0.3) is 0 Å². The zero-order valence-corrected chi connectivity index (χ0v) is 12.7. The molecule has 0 amide bonds. The second kappa shape index (κ2) is 6.80. The molecule has 0 aliphatic carbocycles. The van der Waals surface area contributed by atoms with E-state index in [4.69, 9.17) is 0 Å². The smallest absolute Gasteiger partial charge is 0.134 e. The predicted molar refractivity (Wildman–Crippen MR) is 79.1 cm³/mol. The van der Waals surface area contributed by atoms with Crippen molar-refractivity contribution in [1.29, 1.82) is 0 Å². The van der Waals surface area contributed by atoms with Gasteiger partial charge in [-0.1, -0.05) is 19.9 Å². The maximum Gasteiger partial charge on any atom is 0.134 e. The first-order valence-electron chi connectivity index (χ1n) is 7.29. The van der Waals surface area contributed by atoms with Crippen molar-refractivity contribution in [2.45, 2.75) is 39.8 Å². The highest BCUT2D eigenvalue weighted by Crippen LogP contribution is 2.28. The van der Waals surface area contributed by atoms with Gasteiger partial charge in [-0.25, -0.2) is 13.8 Å². The zero-order chi connectivity index (χ0) is 15.4. The van der Waals surface area contributed by atoms with Crippen LogP contribution in [0.1, 0.15) is 43.3 Å². The number of aryl methyl sites for hydroxylation is 2. The van der Waals surface area contributed by atoms with E-state index in [-0.39, 0.29) is 5.56 Å². The summed E-state index contributed by atoms with van der Waals surface area (Å²) in [6.45, 7) is 6.97. The van der Waals surface area contributed by atoms with Crippen molar-refractivity contribution < 1.29 is 8.78 Å². The molecule has 0 aliphatic rings. The quantitative estimate of drug-likeness (QED) is 0.882. The number of hydrogen-bond acceptors (Lipinski definition) is 2. The Kier molecular flexibility index (Phi) is 5.07. The van der Waals surface area contributed by atoms with E-state index in [1.165, 1.54) is 12.1 Å². The summed E-state index contributed by atoms with van der Waals surface area (Å²) < 4.78 is 30.6. The number of hydrogen-bond donors (Lipinski definition) is 1. The molecule has 0 fully saturated rings. The van der Waals surface area contributed by atoms with E-state index in [2.05, 4.69) is 17.2 Å². The number of halogens is 2. The van der Waals surface area contributed by atoms with E-state index in [0.29, 0.717) is 17.9 Å². The predicted octanol–water partition coefficient (Wildman–Crippen LogP) is 3.58. The minimum absolute atomic E-state index is 0.0420. The first-order valence-corrected chi connectivity index (χ1v) is 7.29. The van der Waals surface area contributed by atoms with E-state index in [0.717, 1.165) is 13.0 Å². The van der Waals surface area contributed by atoms with Crippen molar-refractivity contribution in [3.05, 3.63) is 53.1 Å². The van der Waals surface area contributed by atoms with Crippen LogP contribution < -0.4 is 5.32 Å². The van der Waals surface area contributed by atoms with Crippen LogP contribution in [0.2, 0.25) is 0 Å². The number of imidazole rings is 1. The van der Waals surface area contributed by atoms with Gasteiger partial charge in [-0.15, -0.1) is 0 Å². The highest BCUT2D eigenvalue weighted by molar-refractivity contribution is 5.33. The molecule has 114 valence electrons. The number of rotatable bonds is 6. The van der Waals surface area contributed by atoms with Gasteiger partial charge in [-0.05, 0) is 31.5 Å². The molecule has 21 heavy (non-hydrogen) atoms. The van der Waals surface area contributed by atoms with E-state index in [1.807, 2.05) is 17.7 Å². The first kappa shape index (κ1) is 15.6. The summed E-state index contributed by atoms with van der Waals surface area (Å²) in [6.07, 6.45) is 4.44. The molecule has 5 heteroatoms. The first-order chi connectivity index (χ1) is 10.1. The summed E-state index contributed by atoms with van der Waals surface area (Å²) in [6, 6.07) is 2.18. The fourth-order valence-electron chi connectivity index (χ4n) is 2.48. The van der Waals surface area contributed by atoms with Gasteiger partial charge in [0.15, 0.2) is 0 Å². The Hall–Kier alpha value is -1.75. The molecular formula is C16H21F2N3.